The second-order valence-corrected chi connectivity index (χ2v) is 7.74. The molecule has 3 rings (SSSR count). The van der Waals surface area contributed by atoms with Crippen LogP contribution in [-0.4, -0.2) is 70.5 Å². The summed E-state index contributed by atoms with van der Waals surface area (Å²) in [6.45, 7) is 3.13. The molecule has 0 aliphatic carbocycles. The van der Waals surface area contributed by atoms with Crippen LogP contribution in [-0.2, 0) is 10.0 Å². The van der Waals surface area contributed by atoms with E-state index in [1.54, 1.807) is 53.2 Å². The maximum Gasteiger partial charge on any atom is 0.253 e. The molecular weight excluding hydrogens is 330 g/mol. The standard InChI is InChI=1S/C15H19N5O3S/c1-2-24(22,23)19-11-9-18(10-12-19)15(21)13-3-5-14(6-4-13)20-8-7-16-17-20/h3-8H,2,9-12H2,1H3. The largest absolute Gasteiger partial charge is 0.336 e. The number of hydrogen-bond donors (Lipinski definition) is 0. The van der Waals surface area contributed by atoms with Crippen molar-refractivity contribution in [2.75, 3.05) is 31.9 Å². The van der Waals surface area contributed by atoms with Crippen LogP contribution in [0.5, 0.6) is 0 Å². The van der Waals surface area contributed by atoms with Gasteiger partial charge in [-0.15, -0.1) is 5.10 Å². The Morgan fingerprint density at radius 1 is 1.12 bits per heavy atom. The van der Waals surface area contributed by atoms with E-state index in [0.717, 1.165) is 5.69 Å². The Labute approximate surface area is 140 Å². The van der Waals surface area contributed by atoms with E-state index in [-0.39, 0.29) is 11.7 Å². The molecule has 2 heterocycles. The van der Waals surface area contributed by atoms with Gasteiger partial charge in [-0.3, -0.25) is 4.79 Å². The van der Waals surface area contributed by atoms with Gasteiger partial charge in [0.25, 0.3) is 5.91 Å². The number of rotatable bonds is 4. The number of nitrogens with zero attached hydrogens (tertiary/aromatic N) is 5. The van der Waals surface area contributed by atoms with Crippen molar-refractivity contribution in [1.29, 1.82) is 0 Å². The van der Waals surface area contributed by atoms with Gasteiger partial charge in [-0.25, -0.2) is 13.1 Å². The summed E-state index contributed by atoms with van der Waals surface area (Å²) in [6, 6.07) is 7.10. The second-order valence-electron chi connectivity index (χ2n) is 5.49. The first-order valence-corrected chi connectivity index (χ1v) is 9.36. The van der Waals surface area contributed by atoms with Gasteiger partial charge in [0.1, 0.15) is 0 Å². The summed E-state index contributed by atoms with van der Waals surface area (Å²) in [7, 11) is -3.19. The van der Waals surface area contributed by atoms with Gasteiger partial charge < -0.3 is 4.90 Å². The van der Waals surface area contributed by atoms with Crippen LogP contribution < -0.4 is 0 Å². The molecule has 0 bridgehead atoms. The molecule has 0 radical (unpaired) electrons. The van der Waals surface area contributed by atoms with Crippen molar-refractivity contribution < 1.29 is 13.2 Å². The third-order valence-electron chi connectivity index (χ3n) is 4.09. The third kappa shape index (κ3) is 3.31. The van der Waals surface area contributed by atoms with Gasteiger partial charge in [0.05, 0.1) is 23.8 Å². The number of hydrogen-bond acceptors (Lipinski definition) is 5. The van der Waals surface area contributed by atoms with Crippen LogP contribution in [0.2, 0.25) is 0 Å². The minimum Gasteiger partial charge on any atom is -0.336 e. The predicted octanol–water partition coefficient (Wildman–Crippen LogP) is 0.375. The number of carbonyl (C=O) groups excluding carboxylic acids is 1. The number of carbonyl (C=O) groups is 1. The topological polar surface area (TPSA) is 88.4 Å². The Morgan fingerprint density at radius 2 is 1.79 bits per heavy atom. The van der Waals surface area contributed by atoms with Crippen LogP contribution in [0.15, 0.2) is 36.7 Å². The molecule has 1 aliphatic heterocycles. The van der Waals surface area contributed by atoms with Crippen LogP contribution in [0.25, 0.3) is 5.69 Å². The highest BCUT2D eigenvalue weighted by Crippen LogP contribution is 2.14. The Kier molecular flexibility index (Phi) is 4.63. The number of sulfonamides is 1. The van der Waals surface area contributed by atoms with Gasteiger partial charge in [-0.1, -0.05) is 5.21 Å². The van der Waals surface area contributed by atoms with E-state index in [1.165, 1.54) is 4.31 Å². The molecule has 1 amide bonds. The molecule has 1 fully saturated rings. The average Bonchev–Trinajstić information content (AvgIpc) is 3.16. The Morgan fingerprint density at radius 3 is 2.33 bits per heavy atom. The number of piperazine rings is 1. The Hall–Kier alpha value is -2.26. The molecule has 128 valence electrons. The molecule has 1 aliphatic rings. The monoisotopic (exact) mass is 349 g/mol. The SMILES string of the molecule is CCS(=O)(=O)N1CCN(C(=O)c2ccc(-n3ccnn3)cc2)CC1. The highest BCUT2D eigenvalue weighted by atomic mass is 32.2. The van der Waals surface area contributed by atoms with E-state index in [2.05, 4.69) is 10.3 Å². The average molecular weight is 349 g/mol. The van der Waals surface area contributed by atoms with Crippen molar-refractivity contribution in [3.8, 4) is 5.69 Å². The van der Waals surface area contributed by atoms with Crippen molar-refractivity contribution in [3.05, 3.63) is 42.2 Å². The number of benzene rings is 1. The first-order chi connectivity index (χ1) is 11.5. The molecular formula is C15H19N5O3S. The maximum absolute atomic E-state index is 12.5. The summed E-state index contributed by atoms with van der Waals surface area (Å²) in [5.74, 6) is -0.00119. The zero-order valence-corrected chi connectivity index (χ0v) is 14.2. The lowest BCUT2D eigenvalue weighted by atomic mass is 10.1. The lowest BCUT2D eigenvalue weighted by Gasteiger charge is -2.33. The van der Waals surface area contributed by atoms with E-state index >= 15 is 0 Å². The fraction of sp³-hybridized carbons (Fsp3) is 0.400. The molecule has 0 spiro atoms. The van der Waals surface area contributed by atoms with E-state index in [9.17, 15) is 13.2 Å². The van der Waals surface area contributed by atoms with Crippen LogP contribution >= 0.6 is 0 Å². The second kappa shape index (κ2) is 6.70. The zero-order chi connectivity index (χ0) is 17.2. The predicted molar refractivity (Wildman–Crippen MR) is 88.3 cm³/mol. The molecule has 1 aromatic heterocycles. The van der Waals surface area contributed by atoms with Crippen molar-refractivity contribution in [2.45, 2.75) is 6.92 Å². The molecule has 0 N–H and O–H groups in total. The summed E-state index contributed by atoms with van der Waals surface area (Å²) in [5.41, 5.74) is 1.40. The maximum atomic E-state index is 12.5. The fourth-order valence-corrected chi connectivity index (χ4v) is 3.72. The summed E-state index contributed by atoms with van der Waals surface area (Å²) in [6.07, 6.45) is 3.31. The van der Waals surface area contributed by atoms with Gasteiger partial charge in [-0.2, -0.15) is 4.31 Å². The van der Waals surface area contributed by atoms with Crippen molar-refractivity contribution in [3.63, 3.8) is 0 Å². The smallest absolute Gasteiger partial charge is 0.253 e. The van der Waals surface area contributed by atoms with Crippen LogP contribution in [0, 0.1) is 0 Å². The summed E-state index contributed by atoms with van der Waals surface area (Å²) < 4.78 is 26.8. The van der Waals surface area contributed by atoms with Gasteiger partial charge >= 0.3 is 0 Å². The lowest BCUT2D eigenvalue weighted by molar-refractivity contribution is 0.0698. The number of amides is 1. The molecule has 0 saturated carbocycles. The first kappa shape index (κ1) is 16.6. The van der Waals surface area contributed by atoms with Crippen molar-refractivity contribution in [2.24, 2.45) is 0 Å². The highest BCUT2D eigenvalue weighted by Gasteiger charge is 2.27. The molecule has 8 nitrogen and oxygen atoms in total. The molecule has 24 heavy (non-hydrogen) atoms. The van der Waals surface area contributed by atoms with Crippen molar-refractivity contribution >= 4 is 15.9 Å². The third-order valence-corrected chi connectivity index (χ3v) is 5.97. The van der Waals surface area contributed by atoms with E-state index < -0.39 is 10.0 Å². The minimum atomic E-state index is -3.19. The van der Waals surface area contributed by atoms with Gasteiger partial charge in [0, 0.05) is 31.7 Å². The first-order valence-electron chi connectivity index (χ1n) is 7.75. The van der Waals surface area contributed by atoms with Gasteiger partial charge in [-0.05, 0) is 31.2 Å². The molecule has 0 unspecified atom stereocenters. The summed E-state index contributed by atoms with van der Waals surface area (Å²) >= 11 is 0. The van der Waals surface area contributed by atoms with E-state index in [1.807, 2.05) is 0 Å². The highest BCUT2D eigenvalue weighted by molar-refractivity contribution is 7.89. The molecule has 1 aromatic carbocycles. The lowest BCUT2D eigenvalue weighted by Crippen LogP contribution is -2.50. The molecule has 0 atom stereocenters. The van der Waals surface area contributed by atoms with E-state index in [0.29, 0.717) is 31.7 Å². The van der Waals surface area contributed by atoms with Crippen molar-refractivity contribution in [1.82, 2.24) is 24.2 Å². The van der Waals surface area contributed by atoms with E-state index in [4.69, 9.17) is 0 Å². The quantitative estimate of drug-likeness (QED) is 0.796. The summed E-state index contributed by atoms with van der Waals surface area (Å²) in [4.78, 5) is 14.2. The van der Waals surface area contributed by atoms with Gasteiger partial charge in [0.2, 0.25) is 10.0 Å². The molecule has 1 saturated heterocycles. The Balaban J connectivity index is 1.65. The fourth-order valence-electron chi connectivity index (χ4n) is 2.64. The zero-order valence-electron chi connectivity index (χ0n) is 13.4. The van der Waals surface area contributed by atoms with Crippen LogP contribution in [0.4, 0.5) is 0 Å². The van der Waals surface area contributed by atoms with Crippen LogP contribution in [0.1, 0.15) is 17.3 Å². The summed E-state index contributed by atoms with van der Waals surface area (Å²) in [5, 5.41) is 7.65. The molecule has 2 aromatic rings. The number of aromatic nitrogens is 3. The minimum absolute atomic E-state index is 0.0880. The van der Waals surface area contributed by atoms with Crippen LogP contribution in [0.3, 0.4) is 0 Å². The normalized spacial score (nSPS) is 16.3. The Bertz CT molecular complexity index is 794. The van der Waals surface area contributed by atoms with Gasteiger partial charge in [0.15, 0.2) is 0 Å². The molecule has 9 heteroatoms.